The summed E-state index contributed by atoms with van der Waals surface area (Å²) in [5.74, 6) is 0.646. The van der Waals surface area contributed by atoms with Crippen molar-refractivity contribution in [1.82, 2.24) is 9.80 Å². The number of carbonyl (C=O) groups excluding carboxylic acids is 1. The molecule has 0 aliphatic heterocycles. The number of carbonyl (C=O) groups is 1. The van der Waals surface area contributed by atoms with Crippen LogP contribution in [0.2, 0.25) is 0 Å². The summed E-state index contributed by atoms with van der Waals surface area (Å²) in [5, 5.41) is 0.867. The maximum atomic E-state index is 13.3. The molecule has 1 heterocycles. The largest absolute Gasteiger partial charge is 0.455 e. The van der Waals surface area contributed by atoms with E-state index in [1.54, 1.807) is 4.90 Å². The molecule has 0 unspecified atom stereocenters. The van der Waals surface area contributed by atoms with Gasteiger partial charge in [0.15, 0.2) is 0 Å². The van der Waals surface area contributed by atoms with Crippen molar-refractivity contribution in [2.75, 3.05) is 33.2 Å². The lowest BCUT2D eigenvalue weighted by atomic mass is 10.0. The van der Waals surface area contributed by atoms with Gasteiger partial charge in [0.2, 0.25) is 0 Å². The van der Waals surface area contributed by atoms with E-state index in [0.29, 0.717) is 17.9 Å². The Bertz CT molecular complexity index is 866. The average Bonchev–Trinajstić information content (AvgIpc) is 3.08. The van der Waals surface area contributed by atoms with Crippen molar-refractivity contribution in [3.05, 3.63) is 60.2 Å². The Morgan fingerprint density at radius 3 is 2.27 bits per heavy atom. The van der Waals surface area contributed by atoms with Crippen molar-refractivity contribution in [3.8, 4) is 11.3 Å². The fraction of sp³-hybridized carbons (Fsp3) is 0.318. The lowest BCUT2D eigenvalue weighted by Crippen LogP contribution is -2.36. The van der Waals surface area contributed by atoms with Gasteiger partial charge < -0.3 is 14.2 Å². The molecule has 2 aromatic carbocycles. The highest BCUT2D eigenvalue weighted by molar-refractivity contribution is 6.11. The van der Waals surface area contributed by atoms with Crippen molar-refractivity contribution < 1.29 is 9.21 Å². The van der Waals surface area contributed by atoms with Crippen molar-refractivity contribution >= 4 is 16.9 Å². The minimum absolute atomic E-state index is 0.000888. The summed E-state index contributed by atoms with van der Waals surface area (Å²) in [5.41, 5.74) is 2.31. The van der Waals surface area contributed by atoms with Gasteiger partial charge in [-0.25, -0.2) is 0 Å². The highest BCUT2D eigenvalue weighted by Crippen LogP contribution is 2.34. The van der Waals surface area contributed by atoms with E-state index in [1.165, 1.54) is 0 Å². The van der Waals surface area contributed by atoms with Gasteiger partial charge in [-0.15, -0.1) is 0 Å². The number of rotatable bonds is 7. The van der Waals surface area contributed by atoms with Gasteiger partial charge in [0.05, 0.1) is 5.56 Å². The molecule has 1 amide bonds. The Labute approximate surface area is 155 Å². The molecule has 3 aromatic rings. The van der Waals surface area contributed by atoms with E-state index in [9.17, 15) is 4.79 Å². The summed E-state index contributed by atoms with van der Waals surface area (Å²) in [7, 11) is 1.86. The number of likely N-dealkylation sites (N-methyl/N-ethyl adjacent to an activating group) is 2. The third-order valence-electron chi connectivity index (χ3n) is 4.84. The van der Waals surface area contributed by atoms with Gasteiger partial charge in [0.1, 0.15) is 11.3 Å². The van der Waals surface area contributed by atoms with E-state index in [-0.39, 0.29) is 5.91 Å². The predicted molar refractivity (Wildman–Crippen MR) is 106 cm³/mol. The smallest absolute Gasteiger partial charge is 0.258 e. The van der Waals surface area contributed by atoms with Crippen molar-refractivity contribution in [2.24, 2.45) is 0 Å². The zero-order valence-corrected chi connectivity index (χ0v) is 15.7. The monoisotopic (exact) mass is 350 g/mol. The number of furan rings is 1. The molecular formula is C22H26N2O2. The quantitative estimate of drug-likeness (QED) is 0.629. The van der Waals surface area contributed by atoms with E-state index < -0.39 is 0 Å². The Morgan fingerprint density at radius 1 is 0.923 bits per heavy atom. The summed E-state index contributed by atoms with van der Waals surface area (Å²) in [4.78, 5) is 17.4. The van der Waals surface area contributed by atoms with Crippen LogP contribution in [0.15, 0.2) is 59.0 Å². The van der Waals surface area contributed by atoms with Gasteiger partial charge in [0.25, 0.3) is 5.91 Å². The molecule has 0 N–H and O–H groups in total. The van der Waals surface area contributed by atoms with Gasteiger partial charge in [0, 0.05) is 31.1 Å². The van der Waals surface area contributed by atoms with Crippen LogP contribution in [-0.2, 0) is 0 Å². The number of amides is 1. The molecular weight excluding hydrogens is 324 g/mol. The second-order valence-electron chi connectivity index (χ2n) is 6.42. The Morgan fingerprint density at radius 2 is 1.58 bits per heavy atom. The van der Waals surface area contributed by atoms with Crippen LogP contribution in [0.5, 0.6) is 0 Å². The van der Waals surface area contributed by atoms with Crippen LogP contribution in [0.4, 0.5) is 0 Å². The molecule has 0 radical (unpaired) electrons. The molecule has 0 aliphatic rings. The van der Waals surface area contributed by atoms with Crippen molar-refractivity contribution in [2.45, 2.75) is 13.8 Å². The number of benzene rings is 2. The molecule has 0 bridgehead atoms. The summed E-state index contributed by atoms with van der Waals surface area (Å²) >= 11 is 0. The van der Waals surface area contributed by atoms with Crippen LogP contribution < -0.4 is 0 Å². The molecule has 0 saturated carbocycles. The highest BCUT2D eigenvalue weighted by Gasteiger charge is 2.24. The van der Waals surface area contributed by atoms with Crippen LogP contribution in [0.25, 0.3) is 22.3 Å². The van der Waals surface area contributed by atoms with Crippen LogP contribution >= 0.6 is 0 Å². The normalized spacial score (nSPS) is 11.2. The minimum atomic E-state index is 0.000888. The second kappa shape index (κ2) is 8.19. The zero-order chi connectivity index (χ0) is 18.5. The molecule has 136 valence electrons. The van der Waals surface area contributed by atoms with Gasteiger partial charge in [-0.2, -0.15) is 0 Å². The lowest BCUT2D eigenvalue weighted by molar-refractivity contribution is 0.0781. The first-order valence-electron chi connectivity index (χ1n) is 9.20. The first-order chi connectivity index (χ1) is 12.7. The maximum Gasteiger partial charge on any atom is 0.258 e. The molecule has 4 nitrogen and oxygen atoms in total. The van der Waals surface area contributed by atoms with Gasteiger partial charge in [-0.3, -0.25) is 4.79 Å². The van der Waals surface area contributed by atoms with E-state index in [2.05, 4.69) is 18.7 Å². The summed E-state index contributed by atoms with van der Waals surface area (Å²) in [6.45, 7) is 7.82. The van der Waals surface area contributed by atoms with Crippen LogP contribution in [0.1, 0.15) is 24.2 Å². The molecule has 0 aliphatic carbocycles. The maximum absolute atomic E-state index is 13.3. The van der Waals surface area contributed by atoms with Gasteiger partial charge in [-0.1, -0.05) is 62.4 Å². The fourth-order valence-corrected chi connectivity index (χ4v) is 3.17. The Balaban J connectivity index is 1.96. The van der Waals surface area contributed by atoms with Crippen LogP contribution in [0, 0.1) is 0 Å². The number of hydrogen-bond donors (Lipinski definition) is 0. The molecule has 26 heavy (non-hydrogen) atoms. The van der Waals surface area contributed by atoms with Crippen LogP contribution in [0.3, 0.4) is 0 Å². The lowest BCUT2D eigenvalue weighted by Gasteiger charge is -2.23. The van der Waals surface area contributed by atoms with Crippen molar-refractivity contribution in [1.29, 1.82) is 0 Å². The molecule has 0 saturated heterocycles. The van der Waals surface area contributed by atoms with E-state index in [4.69, 9.17) is 4.42 Å². The molecule has 0 atom stereocenters. The first kappa shape index (κ1) is 18.2. The zero-order valence-electron chi connectivity index (χ0n) is 15.7. The first-order valence-corrected chi connectivity index (χ1v) is 9.20. The summed E-state index contributed by atoms with van der Waals surface area (Å²) in [6, 6.07) is 17.6. The molecule has 0 spiro atoms. The topological polar surface area (TPSA) is 36.7 Å². The molecule has 0 fully saturated rings. The summed E-state index contributed by atoms with van der Waals surface area (Å²) < 4.78 is 6.07. The Kier molecular flexibility index (Phi) is 5.74. The molecule has 4 heteroatoms. The summed E-state index contributed by atoms with van der Waals surface area (Å²) in [6.07, 6.45) is 0. The second-order valence-corrected chi connectivity index (χ2v) is 6.42. The number of fused-ring (bicyclic) bond motifs is 1. The predicted octanol–water partition coefficient (Wildman–Crippen LogP) is 4.51. The van der Waals surface area contributed by atoms with Gasteiger partial charge in [-0.05, 0) is 19.2 Å². The van der Waals surface area contributed by atoms with Crippen molar-refractivity contribution in [3.63, 3.8) is 0 Å². The Hall–Kier alpha value is -2.59. The minimum Gasteiger partial charge on any atom is -0.455 e. The average molecular weight is 350 g/mol. The third kappa shape index (κ3) is 3.65. The van der Waals surface area contributed by atoms with Crippen LogP contribution in [-0.4, -0.2) is 48.9 Å². The fourth-order valence-electron chi connectivity index (χ4n) is 3.17. The number of nitrogens with zero attached hydrogens (tertiary/aromatic N) is 2. The molecule has 1 aromatic heterocycles. The van der Waals surface area contributed by atoms with E-state index in [0.717, 1.165) is 36.2 Å². The number of hydrogen-bond acceptors (Lipinski definition) is 3. The molecule has 3 rings (SSSR count). The van der Waals surface area contributed by atoms with E-state index in [1.807, 2.05) is 61.6 Å². The van der Waals surface area contributed by atoms with E-state index >= 15 is 0 Å². The highest BCUT2D eigenvalue weighted by atomic mass is 16.3. The standard InChI is InChI=1S/C22H26N2O2/c1-4-24(5-2)16-15-23(3)22(25)20-18-13-9-10-14-19(18)26-21(20)17-11-7-6-8-12-17/h6-14H,4-5,15-16H2,1-3H3. The van der Waals surface area contributed by atoms with Gasteiger partial charge >= 0.3 is 0 Å². The SMILES string of the molecule is CCN(CC)CCN(C)C(=O)c1c(-c2ccccc2)oc2ccccc12. The number of para-hydroxylation sites is 1. The third-order valence-corrected chi connectivity index (χ3v) is 4.84.